The van der Waals surface area contributed by atoms with E-state index in [0.29, 0.717) is 5.92 Å². The smallest absolute Gasteiger partial charge is 0.119 e. The van der Waals surface area contributed by atoms with Crippen molar-refractivity contribution in [3.8, 4) is 5.75 Å². The maximum atomic E-state index is 5.63. The Bertz CT molecular complexity index is 335. The van der Waals surface area contributed by atoms with E-state index in [0.717, 1.165) is 38.2 Å². The van der Waals surface area contributed by atoms with Crippen LogP contribution in [-0.2, 0) is 6.42 Å². The molecule has 19 heavy (non-hydrogen) atoms. The first-order chi connectivity index (χ1) is 9.11. The Kier molecular flexibility index (Phi) is 7.53. The highest BCUT2D eigenvalue weighted by Gasteiger charge is 2.01. The van der Waals surface area contributed by atoms with Gasteiger partial charge in [0, 0.05) is 0 Å². The van der Waals surface area contributed by atoms with Crippen molar-refractivity contribution in [2.75, 3.05) is 19.6 Å². The zero-order valence-electron chi connectivity index (χ0n) is 12.5. The van der Waals surface area contributed by atoms with E-state index in [9.17, 15) is 0 Å². The lowest BCUT2D eigenvalue weighted by Crippen LogP contribution is -2.24. The van der Waals surface area contributed by atoms with Gasteiger partial charge in [-0.15, -0.1) is 0 Å². The van der Waals surface area contributed by atoms with E-state index in [1.807, 2.05) is 26.0 Å². The molecule has 0 saturated carbocycles. The molecule has 1 aromatic rings. The van der Waals surface area contributed by atoms with Crippen LogP contribution in [0, 0.1) is 5.92 Å². The average Bonchev–Trinajstić information content (AvgIpc) is 2.36. The average molecular weight is 264 g/mol. The topological polar surface area (TPSA) is 47.3 Å². The number of benzene rings is 1. The molecular formula is C16H28N2O. The van der Waals surface area contributed by atoms with E-state index in [1.54, 1.807) is 0 Å². The van der Waals surface area contributed by atoms with Crippen LogP contribution in [0.25, 0.3) is 0 Å². The van der Waals surface area contributed by atoms with Gasteiger partial charge in [-0.1, -0.05) is 19.1 Å². The van der Waals surface area contributed by atoms with Crippen molar-refractivity contribution >= 4 is 0 Å². The van der Waals surface area contributed by atoms with Gasteiger partial charge in [0.15, 0.2) is 0 Å². The second kappa shape index (κ2) is 8.94. The molecule has 0 aliphatic rings. The molecule has 0 radical (unpaired) electrons. The highest BCUT2D eigenvalue weighted by atomic mass is 16.5. The number of nitrogens with one attached hydrogen (secondary N) is 1. The van der Waals surface area contributed by atoms with Crippen LogP contribution in [0.1, 0.15) is 32.8 Å². The van der Waals surface area contributed by atoms with Gasteiger partial charge >= 0.3 is 0 Å². The molecule has 0 aliphatic heterocycles. The molecule has 1 unspecified atom stereocenters. The molecule has 0 fully saturated rings. The zero-order chi connectivity index (χ0) is 14.1. The molecule has 0 aliphatic carbocycles. The molecule has 1 rings (SSSR count). The Morgan fingerprint density at radius 2 is 1.84 bits per heavy atom. The number of rotatable bonds is 9. The van der Waals surface area contributed by atoms with Gasteiger partial charge in [0.25, 0.3) is 0 Å². The van der Waals surface area contributed by atoms with Gasteiger partial charge in [0.1, 0.15) is 5.75 Å². The maximum Gasteiger partial charge on any atom is 0.119 e. The van der Waals surface area contributed by atoms with Crippen molar-refractivity contribution in [3.05, 3.63) is 29.8 Å². The van der Waals surface area contributed by atoms with Gasteiger partial charge in [0.2, 0.25) is 0 Å². The summed E-state index contributed by atoms with van der Waals surface area (Å²) in [6.07, 6.45) is 2.38. The number of nitrogens with two attached hydrogens (primary N) is 1. The van der Waals surface area contributed by atoms with Crippen LogP contribution >= 0.6 is 0 Å². The maximum absolute atomic E-state index is 5.63. The lowest BCUT2D eigenvalue weighted by molar-refractivity contribution is 0.242. The molecule has 1 atom stereocenters. The molecule has 108 valence electrons. The second-order valence-electron chi connectivity index (χ2n) is 5.45. The van der Waals surface area contributed by atoms with Crippen LogP contribution in [0.2, 0.25) is 0 Å². The van der Waals surface area contributed by atoms with Crippen LogP contribution in [0.15, 0.2) is 24.3 Å². The van der Waals surface area contributed by atoms with Crippen LogP contribution < -0.4 is 15.8 Å². The largest absolute Gasteiger partial charge is 0.491 e. The monoisotopic (exact) mass is 264 g/mol. The standard InChI is InChI=1S/C16H28N2O/c1-13(2)19-16-6-4-15(5-7-16)9-11-18-12-14(3)8-10-17/h4-7,13-14,18H,8-12,17H2,1-3H3. The molecule has 0 saturated heterocycles. The summed E-state index contributed by atoms with van der Waals surface area (Å²) in [5.41, 5.74) is 6.88. The predicted molar refractivity (Wildman–Crippen MR) is 81.6 cm³/mol. The highest BCUT2D eigenvalue weighted by Crippen LogP contribution is 2.13. The summed E-state index contributed by atoms with van der Waals surface area (Å²) in [6, 6.07) is 8.38. The zero-order valence-corrected chi connectivity index (χ0v) is 12.5. The van der Waals surface area contributed by atoms with Crippen molar-refractivity contribution in [2.24, 2.45) is 11.7 Å². The summed E-state index contributed by atoms with van der Waals surface area (Å²) in [4.78, 5) is 0. The van der Waals surface area contributed by atoms with Gasteiger partial charge in [0.05, 0.1) is 6.10 Å². The van der Waals surface area contributed by atoms with Crippen molar-refractivity contribution in [1.29, 1.82) is 0 Å². The first-order valence-electron chi connectivity index (χ1n) is 7.28. The van der Waals surface area contributed by atoms with E-state index in [2.05, 4.69) is 24.4 Å². The Morgan fingerprint density at radius 3 is 2.42 bits per heavy atom. The molecule has 3 N–H and O–H groups in total. The third-order valence-corrected chi connectivity index (χ3v) is 3.04. The van der Waals surface area contributed by atoms with Gasteiger partial charge in [-0.05, 0) is 69.9 Å². The molecule has 0 bridgehead atoms. The van der Waals surface area contributed by atoms with Crippen LogP contribution in [-0.4, -0.2) is 25.7 Å². The van der Waals surface area contributed by atoms with Crippen molar-refractivity contribution in [1.82, 2.24) is 5.32 Å². The van der Waals surface area contributed by atoms with Crippen molar-refractivity contribution in [3.63, 3.8) is 0 Å². The van der Waals surface area contributed by atoms with Gasteiger partial charge in [-0.3, -0.25) is 0 Å². The molecule has 0 spiro atoms. The quantitative estimate of drug-likeness (QED) is 0.674. The SMILES string of the molecule is CC(CCN)CNCCc1ccc(OC(C)C)cc1. The van der Waals surface area contributed by atoms with Gasteiger partial charge < -0.3 is 15.8 Å². The molecule has 0 aromatic heterocycles. The number of ether oxygens (including phenoxy) is 1. The van der Waals surface area contributed by atoms with Crippen LogP contribution in [0.4, 0.5) is 0 Å². The molecule has 3 heteroatoms. The lowest BCUT2D eigenvalue weighted by Gasteiger charge is -2.12. The minimum Gasteiger partial charge on any atom is -0.491 e. The van der Waals surface area contributed by atoms with Crippen LogP contribution in [0.3, 0.4) is 0 Å². The van der Waals surface area contributed by atoms with Gasteiger partial charge in [-0.25, -0.2) is 0 Å². The summed E-state index contributed by atoms with van der Waals surface area (Å²) in [6.45, 7) is 9.16. The Hall–Kier alpha value is -1.06. The van der Waals surface area contributed by atoms with Crippen molar-refractivity contribution < 1.29 is 4.74 Å². The first-order valence-corrected chi connectivity index (χ1v) is 7.28. The molecule has 0 heterocycles. The summed E-state index contributed by atoms with van der Waals surface area (Å²) in [7, 11) is 0. The third-order valence-electron chi connectivity index (χ3n) is 3.04. The molecular weight excluding hydrogens is 236 g/mol. The lowest BCUT2D eigenvalue weighted by atomic mass is 10.1. The fraction of sp³-hybridized carbons (Fsp3) is 0.625. The van der Waals surface area contributed by atoms with E-state index in [1.165, 1.54) is 5.56 Å². The first kappa shape index (κ1) is 16.0. The van der Waals surface area contributed by atoms with Crippen LogP contribution in [0.5, 0.6) is 5.75 Å². The van der Waals surface area contributed by atoms with E-state index < -0.39 is 0 Å². The van der Waals surface area contributed by atoms with Gasteiger partial charge in [-0.2, -0.15) is 0 Å². The second-order valence-corrected chi connectivity index (χ2v) is 5.45. The minimum absolute atomic E-state index is 0.233. The Balaban J connectivity index is 2.22. The van der Waals surface area contributed by atoms with Crippen molar-refractivity contribution in [2.45, 2.75) is 39.7 Å². The molecule has 0 amide bonds. The highest BCUT2D eigenvalue weighted by molar-refractivity contribution is 5.27. The molecule has 3 nitrogen and oxygen atoms in total. The number of hydrogen-bond acceptors (Lipinski definition) is 3. The van der Waals surface area contributed by atoms with E-state index in [4.69, 9.17) is 10.5 Å². The van der Waals surface area contributed by atoms with E-state index >= 15 is 0 Å². The fourth-order valence-corrected chi connectivity index (χ4v) is 1.97. The molecule has 1 aromatic carbocycles. The third kappa shape index (κ3) is 7.19. The Morgan fingerprint density at radius 1 is 1.16 bits per heavy atom. The summed E-state index contributed by atoms with van der Waals surface area (Å²) in [5, 5.41) is 3.48. The summed E-state index contributed by atoms with van der Waals surface area (Å²) >= 11 is 0. The summed E-state index contributed by atoms with van der Waals surface area (Å²) in [5.74, 6) is 1.61. The Labute approximate surface area is 117 Å². The fourth-order valence-electron chi connectivity index (χ4n) is 1.97. The summed E-state index contributed by atoms with van der Waals surface area (Å²) < 4.78 is 5.63. The predicted octanol–water partition coefficient (Wildman–Crippen LogP) is 2.59. The minimum atomic E-state index is 0.233. The normalized spacial score (nSPS) is 12.7. The number of hydrogen-bond donors (Lipinski definition) is 2. The van der Waals surface area contributed by atoms with E-state index in [-0.39, 0.29) is 6.10 Å².